The number of hydrogen-bond donors (Lipinski definition) is 1. The molecule has 0 aliphatic carbocycles. The highest BCUT2D eigenvalue weighted by atomic mass is 31.0. The molecule has 5 heteroatoms. The summed E-state index contributed by atoms with van der Waals surface area (Å²) in [5, 5.41) is 9.17. The van der Waals surface area contributed by atoms with Crippen LogP contribution in [0.3, 0.4) is 0 Å². The zero-order valence-corrected chi connectivity index (χ0v) is 8.92. The van der Waals surface area contributed by atoms with Crippen LogP contribution in [0.1, 0.15) is 12.5 Å². The fourth-order valence-corrected chi connectivity index (χ4v) is 2.31. The van der Waals surface area contributed by atoms with Crippen LogP contribution in [-0.4, -0.2) is 22.6 Å². The Kier molecular flexibility index (Phi) is 1.96. The van der Waals surface area contributed by atoms with Crippen LogP contribution in [0.2, 0.25) is 0 Å². The van der Waals surface area contributed by atoms with Gasteiger partial charge in [-0.1, -0.05) is 6.07 Å². The van der Waals surface area contributed by atoms with Gasteiger partial charge in [-0.2, -0.15) is 0 Å². The van der Waals surface area contributed by atoms with Gasteiger partial charge in [-0.25, -0.2) is 4.98 Å². The average molecular weight is 210 g/mol. The molecule has 2 heterocycles. The monoisotopic (exact) mass is 210 g/mol. The van der Waals surface area contributed by atoms with Crippen molar-refractivity contribution in [2.75, 3.05) is 11.2 Å². The van der Waals surface area contributed by atoms with Gasteiger partial charge >= 0.3 is 5.97 Å². The smallest absolute Gasteiger partial charge is 0.315 e. The van der Waals surface area contributed by atoms with Crippen LogP contribution in [0.4, 0.5) is 5.82 Å². The summed E-state index contributed by atoms with van der Waals surface area (Å²) in [7, 11) is 2.50. The molecular formula is C9H11N2O2P. The van der Waals surface area contributed by atoms with Crippen LogP contribution in [0.5, 0.6) is 0 Å². The van der Waals surface area contributed by atoms with Gasteiger partial charge in [-0.3, -0.25) is 4.79 Å². The van der Waals surface area contributed by atoms with Gasteiger partial charge in [-0.05, 0) is 22.4 Å². The third-order valence-corrected chi connectivity index (χ3v) is 3.04. The maximum Gasteiger partial charge on any atom is 0.315 e. The Labute approximate surface area is 84.2 Å². The standard InChI is InChI=1S/C9H11N2O2P/c1-9(8(12)13)5-11(14)7-6(9)3-2-4-10-7/h2-4H,5,14H2,1H3,(H,12,13). The van der Waals surface area contributed by atoms with Crippen LogP contribution >= 0.6 is 9.39 Å². The van der Waals surface area contributed by atoms with Crippen LogP contribution < -0.4 is 4.67 Å². The third-order valence-electron chi connectivity index (χ3n) is 2.61. The molecular weight excluding hydrogens is 199 g/mol. The number of carboxylic acids is 1. The van der Waals surface area contributed by atoms with Gasteiger partial charge in [0.2, 0.25) is 0 Å². The fourth-order valence-electron chi connectivity index (χ4n) is 1.74. The summed E-state index contributed by atoms with van der Waals surface area (Å²) < 4.78 is 1.80. The van der Waals surface area contributed by atoms with Gasteiger partial charge in [0.1, 0.15) is 11.2 Å². The molecule has 14 heavy (non-hydrogen) atoms. The molecule has 1 aliphatic heterocycles. The molecule has 74 valence electrons. The van der Waals surface area contributed by atoms with Gasteiger partial charge in [-0.15, -0.1) is 0 Å². The molecule has 0 saturated carbocycles. The average Bonchev–Trinajstić information content (AvgIpc) is 2.42. The lowest BCUT2D eigenvalue weighted by atomic mass is 9.86. The number of fused-ring (bicyclic) bond motifs is 1. The summed E-state index contributed by atoms with van der Waals surface area (Å²) in [6.45, 7) is 2.17. The number of anilines is 1. The third kappa shape index (κ3) is 1.11. The molecule has 2 unspecified atom stereocenters. The lowest BCUT2D eigenvalue weighted by Gasteiger charge is -2.18. The lowest BCUT2D eigenvalue weighted by molar-refractivity contribution is -0.142. The highest BCUT2D eigenvalue weighted by Gasteiger charge is 2.44. The fraction of sp³-hybridized carbons (Fsp3) is 0.333. The van der Waals surface area contributed by atoms with Crippen LogP contribution in [0.15, 0.2) is 18.3 Å². The molecule has 1 aliphatic rings. The van der Waals surface area contributed by atoms with Crippen molar-refractivity contribution in [2.45, 2.75) is 12.3 Å². The van der Waals surface area contributed by atoms with Crippen molar-refractivity contribution in [3.05, 3.63) is 23.9 Å². The molecule has 0 bridgehead atoms. The van der Waals surface area contributed by atoms with Crippen molar-refractivity contribution in [1.29, 1.82) is 0 Å². The second-order valence-corrected chi connectivity index (χ2v) is 4.26. The maximum absolute atomic E-state index is 11.2. The summed E-state index contributed by atoms with van der Waals surface area (Å²) >= 11 is 0. The SMILES string of the molecule is CC1(C(=O)O)CN(P)c2ncccc21. The number of aromatic nitrogens is 1. The van der Waals surface area contributed by atoms with E-state index in [4.69, 9.17) is 0 Å². The molecule has 0 amide bonds. The molecule has 1 aromatic heterocycles. The molecule has 4 nitrogen and oxygen atoms in total. The van der Waals surface area contributed by atoms with Crippen molar-refractivity contribution < 1.29 is 9.90 Å². The second-order valence-electron chi connectivity index (χ2n) is 3.64. The van der Waals surface area contributed by atoms with E-state index in [9.17, 15) is 9.90 Å². The van der Waals surface area contributed by atoms with Crippen molar-refractivity contribution in [1.82, 2.24) is 4.98 Å². The zero-order chi connectivity index (χ0) is 10.3. The molecule has 0 radical (unpaired) electrons. The summed E-state index contributed by atoms with van der Waals surface area (Å²) in [6.07, 6.45) is 1.67. The number of carbonyl (C=O) groups is 1. The van der Waals surface area contributed by atoms with Gasteiger partial charge in [0.05, 0.1) is 0 Å². The predicted molar refractivity (Wildman–Crippen MR) is 56.3 cm³/mol. The Hall–Kier alpha value is -1.15. The molecule has 0 saturated heterocycles. The molecule has 2 rings (SSSR count). The van der Waals surface area contributed by atoms with Crippen molar-refractivity contribution in [3.63, 3.8) is 0 Å². The first-order valence-electron chi connectivity index (χ1n) is 4.27. The van der Waals surface area contributed by atoms with Crippen molar-refractivity contribution in [2.24, 2.45) is 0 Å². The summed E-state index contributed by atoms with van der Waals surface area (Å²) in [5.74, 6) is -0.0703. The number of nitrogens with zero attached hydrogens (tertiary/aromatic N) is 2. The van der Waals surface area contributed by atoms with Gasteiger partial charge in [0.15, 0.2) is 0 Å². The first kappa shape index (κ1) is 9.41. The number of carboxylic acid groups (broad SMARTS) is 1. The molecule has 1 aromatic rings. The topological polar surface area (TPSA) is 53.4 Å². The molecule has 1 N–H and O–H groups in total. The Morgan fingerprint density at radius 2 is 2.50 bits per heavy atom. The summed E-state index contributed by atoms with van der Waals surface area (Å²) in [4.78, 5) is 15.3. The maximum atomic E-state index is 11.2. The molecule has 0 aromatic carbocycles. The van der Waals surface area contributed by atoms with Crippen LogP contribution in [0.25, 0.3) is 0 Å². The largest absolute Gasteiger partial charge is 0.481 e. The van der Waals surface area contributed by atoms with E-state index < -0.39 is 11.4 Å². The van der Waals surface area contributed by atoms with Crippen molar-refractivity contribution in [3.8, 4) is 0 Å². The number of aliphatic carboxylic acids is 1. The Balaban J connectivity index is 2.59. The number of pyridine rings is 1. The van der Waals surface area contributed by atoms with E-state index in [-0.39, 0.29) is 0 Å². The van der Waals surface area contributed by atoms with E-state index >= 15 is 0 Å². The Bertz CT molecular complexity index is 396. The van der Waals surface area contributed by atoms with Crippen LogP contribution in [-0.2, 0) is 10.2 Å². The van der Waals surface area contributed by atoms with E-state index in [1.54, 1.807) is 23.9 Å². The first-order valence-corrected chi connectivity index (χ1v) is 4.78. The van der Waals surface area contributed by atoms with E-state index in [2.05, 4.69) is 14.4 Å². The first-order chi connectivity index (χ1) is 6.55. The van der Waals surface area contributed by atoms with Gasteiger partial charge < -0.3 is 9.78 Å². The Morgan fingerprint density at radius 3 is 3.14 bits per heavy atom. The van der Waals surface area contributed by atoms with Gasteiger partial charge in [0.25, 0.3) is 0 Å². The highest BCUT2D eigenvalue weighted by molar-refractivity contribution is 7.19. The quantitative estimate of drug-likeness (QED) is 0.703. The second kappa shape index (κ2) is 2.92. The van der Waals surface area contributed by atoms with Crippen molar-refractivity contribution >= 4 is 21.2 Å². The van der Waals surface area contributed by atoms with Gasteiger partial charge in [0, 0.05) is 18.3 Å². The minimum absolute atomic E-state index is 0.444. The minimum atomic E-state index is -0.842. The van der Waals surface area contributed by atoms with Crippen LogP contribution in [0, 0.1) is 0 Å². The minimum Gasteiger partial charge on any atom is -0.481 e. The lowest BCUT2D eigenvalue weighted by Crippen LogP contribution is -2.35. The molecule has 0 fully saturated rings. The molecule has 0 spiro atoms. The normalized spacial score (nSPS) is 24.9. The zero-order valence-electron chi connectivity index (χ0n) is 7.77. The predicted octanol–water partition coefficient (Wildman–Crippen LogP) is 1.03. The highest BCUT2D eigenvalue weighted by Crippen LogP contribution is 2.40. The van der Waals surface area contributed by atoms with E-state index in [1.807, 2.05) is 6.07 Å². The van der Waals surface area contributed by atoms with E-state index in [0.717, 1.165) is 11.4 Å². The van der Waals surface area contributed by atoms with E-state index in [0.29, 0.717) is 6.54 Å². The van der Waals surface area contributed by atoms with E-state index in [1.165, 1.54) is 0 Å². The summed E-state index contributed by atoms with van der Waals surface area (Å²) in [6, 6.07) is 3.59. The summed E-state index contributed by atoms with van der Waals surface area (Å²) in [5.41, 5.74) is -0.0618. The number of hydrogen-bond acceptors (Lipinski definition) is 3. The molecule has 2 atom stereocenters. The number of rotatable bonds is 1. The Morgan fingerprint density at radius 1 is 1.79 bits per heavy atom.